The molecule has 2 rings (SSSR count). The van der Waals surface area contributed by atoms with Gasteiger partial charge in [-0.1, -0.05) is 30.3 Å². The third-order valence-corrected chi connectivity index (χ3v) is 3.56. The van der Waals surface area contributed by atoms with Crippen molar-refractivity contribution in [3.8, 4) is 0 Å². The lowest BCUT2D eigenvalue weighted by atomic mass is 10.0. The van der Waals surface area contributed by atoms with Crippen LogP contribution in [0.15, 0.2) is 47.2 Å². The molecule has 3 heteroatoms. The van der Waals surface area contributed by atoms with Crippen LogP contribution in [0.4, 0.5) is 0 Å². The number of nitrogens with one attached hydrogen (secondary N) is 1. The van der Waals surface area contributed by atoms with Gasteiger partial charge in [0.2, 0.25) is 0 Å². The number of benzene rings is 1. The van der Waals surface area contributed by atoms with Crippen molar-refractivity contribution in [1.29, 1.82) is 0 Å². The topological polar surface area (TPSA) is 32.3 Å². The van der Waals surface area contributed by atoms with Crippen LogP contribution >= 0.6 is 11.3 Å². The number of hydrogen-bond acceptors (Lipinski definition) is 3. The van der Waals surface area contributed by atoms with E-state index in [-0.39, 0.29) is 6.04 Å². The van der Waals surface area contributed by atoms with E-state index in [0.717, 1.165) is 12.1 Å². The molecule has 0 aliphatic rings. The Hall–Kier alpha value is -1.16. The zero-order valence-electron chi connectivity index (χ0n) is 9.84. The van der Waals surface area contributed by atoms with E-state index in [0.29, 0.717) is 0 Å². The van der Waals surface area contributed by atoms with Gasteiger partial charge in [-0.25, -0.2) is 0 Å². The van der Waals surface area contributed by atoms with Crippen molar-refractivity contribution in [2.75, 3.05) is 0 Å². The zero-order chi connectivity index (χ0) is 12.1. The van der Waals surface area contributed by atoms with Crippen LogP contribution in [0, 0.1) is 0 Å². The van der Waals surface area contributed by atoms with Crippen LogP contribution in [0.25, 0.3) is 0 Å². The smallest absolute Gasteiger partial charge is 0.0940 e. The van der Waals surface area contributed by atoms with Crippen molar-refractivity contribution in [1.82, 2.24) is 5.32 Å². The molecule has 0 amide bonds. The summed E-state index contributed by atoms with van der Waals surface area (Å²) in [4.78, 5) is 0. The van der Waals surface area contributed by atoms with E-state index >= 15 is 0 Å². The Morgan fingerprint density at radius 3 is 2.65 bits per heavy atom. The molecule has 0 saturated carbocycles. The lowest BCUT2D eigenvalue weighted by Crippen LogP contribution is -2.31. The van der Waals surface area contributed by atoms with Gasteiger partial charge in [0.15, 0.2) is 0 Å². The number of aliphatic hydroxyl groups excluding tert-OH is 1. The van der Waals surface area contributed by atoms with Crippen molar-refractivity contribution >= 4 is 11.3 Å². The van der Waals surface area contributed by atoms with E-state index in [2.05, 4.69) is 22.1 Å². The molecule has 0 bridgehead atoms. The molecule has 2 N–H and O–H groups in total. The van der Waals surface area contributed by atoms with Crippen LogP contribution in [0.1, 0.15) is 24.2 Å². The first-order valence-electron chi connectivity index (χ1n) is 5.75. The quantitative estimate of drug-likeness (QED) is 0.851. The lowest BCUT2D eigenvalue weighted by Gasteiger charge is -2.20. The predicted molar refractivity (Wildman–Crippen MR) is 72.0 cm³/mol. The highest BCUT2D eigenvalue weighted by Gasteiger charge is 2.15. The second kappa shape index (κ2) is 5.96. The molecule has 1 aromatic heterocycles. The van der Waals surface area contributed by atoms with Crippen LogP contribution < -0.4 is 5.32 Å². The first-order chi connectivity index (χ1) is 8.27. The zero-order valence-corrected chi connectivity index (χ0v) is 10.7. The SMILES string of the molecule is CC(NCc1ccsc1)C(O)c1ccccc1. The van der Waals surface area contributed by atoms with Crippen molar-refractivity contribution < 1.29 is 5.11 Å². The van der Waals surface area contributed by atoms with Gasteiger partial charge in [-0.2, -0.15) is 11.3 Å². The van der Waals surface area contributed by atoms with Crippen LogP contribution in [-0.2, 0) is 6.54 Å². The molecule has 0 fully saturated rings. The maximum Gasteiger partial charge on any atom is 0.0940 e. The summed E-state index contributed by atoms with van der Waals surface area (Å²) in [5.41, 5.74) is 2.22. The van der Waals surface area contributed by atoms with Gasteiger partial charge in [0.25, 0.3) is 0 Å². The van der Waals surface area contributed by atoms with Crippen LogP contribution in [-0.4, -0.2) is 11.1 Å². The first kappa shape index (κ1) is 12.3. The fourth-order valence-corrected chi connectivity index (χ4v) is 2.39. The van der Waals surface area contributed by atoms with Gasteiger partial charge in [0.05, 0.1) is 6.10 Å². The summed E-state index contributed by atoms with van der Waals surface area (Å²) in [5, 5.41) is 17.7. The molecule has 2 atom stereocenters. The molecule has 2 unspecified atom stereocenters. The highest BCUT2D eigenvalue weighted by atomic mass is 32.1. The van der Waals surface area contributed by atoms with Gasteiger partial charge in [0.1, 0.15) is 0 Å². The molecular weight excluding hydrogens is 230 g/mol. The normalized spacial score (nSPS) is 14.5. The highest BCUT2D eigenvalue weighted by Crippen LogP contribution is 2.16. The minimum atomic E-state index is -0.463. The summed E-state index contributed by atoms with van der Waals surface area (Å²) in [7, 11) is 0. The Balaban J connectivity index is 1.89. The van der Waals surface area contributed by atoms with Gasteiger partial charge in [-0.05, 0) is 34.9 Å². The van der Waals surface area contributed by atoms with E-state index in [4.69, 9.17) is 0 Å². The van der Waals surface area contributed by atoms with Crippen molar-refractivity contribution in [3.63, 3.8) is 0 Å². The summed E-state index contributed by atoms with van der Waals surface area (Å²) in [6.07, 6.45) is -0.463. The third-order valence-electron chi connectivity index (χ3n) is 2.82. The molecular formula is C14H17NOS. The summed E-state index contributed by atoms with van der Waals surface area (Å²) in [5.74, 6) is 0. The Labute approximate surface area is 106 Å². The molecule has 2 aromatic rings. The van der Waals surface area contributed by atoms with Crippen molar-refractivity contribution in [3.05, 3.63) is 58.3 Å². The molecule has 0 saturated heterocycles. The third kappa shape index (κ3) is 3.40. The molecule has 0 aliphatic carbocycles. The van der Waals surface area contributed by atoms with Crippen LogP contribution in [0.2, 0.25) is 0 Å². The van der Waals surface area contributed by atoms with Gasteiger partial charge >= 0.3 is 0 Å². The fraction of sp³-hybridized carbons (Fsp3) is 0.286. The maximum atomic E-state index is 10.2. The van der Waals surface area contributed by atoms with E-state index in [1.165, 1.54) is 5.56 Å². The van der Waals surface area contributed by atoms with E-state index in [1.54, 1.807) is 11.3 Å². The molecule has 0 spiro atoms. The minimum absolute atomic E-state index is 0.0392. The fourth-order valence-electron chi connectivity index (χ4n) is 1.72. The highest BCUT2D eigenvalue weighted by molar-refractivity contribution is 7.07. The van der Waals surface area contributed by atoms with Gasteiger partial charge in [-0.3, -0.25) is 0 Å². The Kier molecular flexibility index (Phi) is 4.31. The lowest BCUT2D eigenvalue weighted by molar-refractivity contribution is 0.135. The number of rotatable bonds is 5. The molecule has 1 heterocycles. The monoisotopic (exact) mass is 247 g/mol. The second-order valence-corrected chi connectivity index (χ2v) is 4.94. The average molecular weight is 247 g/mol. The molecule has 1 aromatic carbocycles. The maximum absolute atomic E-state index is 10.2. The van der Waals surface area contributed by atoms with Crippen molar-refractivity contribution in [2.45, 2.75) is 25.6 Å². The number of aliphatic hydroxyl groups is 1. The summed E-state index contributed by atoms with van der Waals surface area (Å²) < 4.78 is 0. The molecule has 90 valence electrons. The van der Waals surface area contributed by atoms with Gasteiger partial charge < -0.3 is 10.4 Å². The summed E-state index contributed by atoms with van der Waals surface area (Å²) in [6, 6.07) is 11.9. The van der Waals surface area contributed by atoms with E-state index in [1.807, 2.05) is 37.3 Å². The van der Waals surface area contributed by atoms with E-state index < -0.39 is 6.10 Å². The van der Waals surface area contributed by atoms with Crippen molar-refractivity contribution in [2.24, 2.45) is 0 Å². The second-order valence-electron chi connectivity index (χ2n) is 4.16. The number of hydrogen-bond donors (Lipinski definition) is 2. The predicted octanol–water partition coefficient (Wildman–Crippen LogP) is 2.96. The van der Waals surface area contributed by atoms with Gasteiger partial charge in [-0.15, -0.1) is 0 Å². The summed E-state index contributed by atoms with van der Waals surface area (Å²) in [6.45, 7) is 2.80. The molecule has 2 nitrogen and oxygen atoms in total. The average Bonchev–Trinajstić information content (AvgIpc) is 2.89. The largest absolute Gasteiger partial charge is 0.387 e. The molecule has 17 heavy (non-hydrogen) atoms. The summed E-state index contributed by atoms with van der Waals surface area (Å²) >= 11 is 1.69. The number of thiophene rings is 1. The Morgan fingerprint density at radius 2 is 2.00 bits per heavy atom. The minimum Gasteiger partial charge on any atom is -0.387 e. The first-order valence-corrected chi connectivity index (χ1v) is 6.69. The van der Waals surface area contributed by atoms with Crippen LogP contribution in [0.3, 0.4) is 0 Å². The van der Waals surface area contributed by atoms with E-state index in [9.17, 15) is 5.11 Å². The Bertz CT molecular complexity index is 427. The molecule has 0 radical (unpaired) electrons. The standard InChI is InChI=1S/C14H17NOS/c1-11(15-9-12-7-8-17-10-12)14(16)13-5-3-2-4-6-13/h2-8,10-11,14-16H,9H2,1H3. The Morgan fingerprint density at radius 1 is 1.24 bits per heavy atom. The van der Waals surface area contributed by atoms with Gasteiger partial charge in [0, 0.05) is 12.6 Å². The molecule has 0 aliphatic heterocycles. The van der Waals surface area contributed by atoms with Crippen LogP contribution in [0.5, 0.6) is 0 Å².